The molecule has 0 N–H and O–H groups in total. The maximum absolute atomic E-state index is 8.83. The summed E-state index contributed by atoms with van der Waals surface area (Å²) in [5.41, 5.74) is 8.54. The number of pyridine rings is 1. The molecule has 0 unspecified atom stereocenters. The fraction of sp³-hybridized carbons (Fsp3) is 0.250. The average Bonchev–Trinajstić information content (AvgIpc) is 3.24. The molecule has 35 heavy (non-hydrogen) atoms. The molecule has 0 aliphatic heterocycles. The van der Waals surface area contributed by atoms with Crippen molar-refractivity contribution in [3.05, 3.63) is 94.4 Å². The van der Waals surface area contributed by atoms with Crippen LogP contribution in [0.2, 0.25) is 0 Å². The lowest BCUT2D eigenvalue weighted by Gasteiger charge is -2.11. The van der Waals surface area contributed by atoms with Gasteiger partial charge in [-0.15, -0.1) is 0 Å². The molecule has 0 saturated carbocycles. The Labute approximate surface area is 211 Å². The largest absolute Gasteiger partial charge is 0.456 e. The zero-order chi connectivity index (χ0) is 27.5. The Morgan fingerprint density at radius 2 is 1.60 bits per heavy atom. The van der Waals surface area contributed by atoms with E-state index in [2.05, 4.69) is 17.0 Å². The summed E-state index contributed by atoms with van der Waals surface area (Å²) in [6.45, 7) is 17.4. The van der Waals surface area contributed by atoms with Gasteiger partial charge in [0, 0.05) is 37.6 Å². The summed E-state index contributed by atoms with van der Waals surface area (Å²) >= 11 is 0. The van der Waals surface area contributed by atoms with E-state index in [9.17, 15) is 0 Å². The van der Waals surface area contributed by atoms with E-state index in [1.165, 1.54) is 0 Å². The highest BCUT2D eigenvalue weighted by molar-refractivity contribution is 6.15. The molecule has 3 heteroatoms. The van der Waals surface area contributed by atoms with Gasteiger partial charge in [-0.1, -0.05) is 67.9 Å². The summed E-state index contributed by atoms with van der Waals surface area (Å²) in [6, 6.07) is 18.0. The number of hydrogen-bond donors (Lipinski definition) is 0. The van der Waals surface area contributed by atoms with E-state index >= 15 is 0 Å². The van der Waals surface area contributed by atoms with Gasteiger partial charge in [0.1, 0.15) is 18.2 Å². The van der Waals surface area contributed by atoms with Crippen LogP contribution in [-0.4, -0.2) is 0 Å². The van der Waals surface area contributed by atoms with Crippen LogP contribution in [0.15, 0.2) is 65.1 Å². The van der Waals surface area contributed by atoms with Gasteiger partial charge in [0.05, 0.1) is 13.5 Å². The van der Waals surface area contributed by atoms with Crippen LogP contribution in [0.4, 0.5) is 5.69 Å². The third-order valence-corrected chi connectivity index (χ3v) is 6.73. The van der Waals surface area contributed by atoms with Crippen molar-refractivity contribution in [2.24, 2.45) is 13.0 Å². The molecule has 5 aromatic rings. The number of aromatic nitrogens is 1. The second kappa shape index (κ2) is 8.71. The van der Waals surface area contributed by atoms with E-state index in [4.69, 9.17) is 15.1 Å². The zero-order valence-electron chi connectivity index (χ0n) is 24.1. The second-order valence-electron chi connectivity index (χ2n) is 9.54. The van der Waals surface area contributed by atoms with Gasteiger partial charge in [0.2, 0.25) is 5.69 Å². The molecule has 3 nitrogen and oxygen atoms in total. The number of rotatable bonds is 4. The minimum absolute atomic E-state index is 0.178. The van der Waals surface area contributed by atoms with Crippen LogP contribution < -0.4 is 4.57 Å². The molecular weight excluding hydrogens is 428 g/mol. The number of furan rings is 1. The molecule has 0 amide bonds. The van der Waals surface area contributed by atoms with Gasteiger partial charge in [-0.2, -0.15) is 4.57 Å². The molecule has 0 radical (unpaired) electrons. The standard InChI is InChI=1S/C32H31N2O/c1-19(2)18-24-13-17-28(34(7)22(24)5)29-21(4)10-14-25-26-15-16-27(33-6)30(32(26)35-31(25)29)23-11-8-20(3)9-12-23/h8-17,19H,18H2,1-5,7H3/q+1/i13D,18D2. The lowest BCUT2D eigenvalue weighted by molar-refractivity contribution is -0.667. The second-order valence-corrected chi connectivity index (χ2v) is 9.54. The summed E-state index contributed by atoms with van der Waals surface area (Å²) in [4.78, 5) is 3.80. The van der Waals surface area contributed by atoms with E-state index in [1.54, 1.807) is 6.07 Å². The molecule has 174 valence electrons. The van der Waals surface area contributed by atoms with Crippen LogP contribution in [-0.2, 0) is 13.4 Å². The van der Waals surface area contributed by atoms with Crippen molar-refractivity contribution in [1.29, 1.82) is 0 Å². The predicted molar refractivity (Wildman–Crippen MR) is 145 cm³/mol. The molecule has 0 bridgehead atoms. The van der Waals surface area contributed by atoms with E-state index in [0.29, 0.717) is 28.1 Å². The fourth-order valence-electron chi connectivity index (χ4n) is 4.77. The first kappa shape index (κ1) is 19.4. The summed E-state index contributed by atoms with van der Waals surface area (Å²) in [5.74, 6) is -0.270. The Morgan fingerprint density at radius 1 is 0.943 bits per heavy atom. The molecule has 2 heterocycles. The van der Waals surface area contributed by atoms with Crippen molar-refractivity contribution in [1.82, 2.24) is 0 Å². The first-order valence-corrected chi connectivity index (χ1v) is 11.9. The third kappa shape index (κ3) is 3.80. The monoisotopic (exact) mass is 462 g/mol. The first-order valence-electron chi connectivity index (χ1n) is 13.4. The van der Waals surface area contributed by atoms with E-state index < -0.39 is 6.37 Å². The number of benzene rings is 3. The molecule has 2 aromatic heterocycles. The maximum Gasteiger partial charge on any atom is 0.216 e. The fourth-order valence-corrected chi connectivity index (χ4v) is 4.77. The maximum atomic E-state index is 8.83. The molecule has 0 atom stereocenters. The number of nitrogens with zero attached hydrogens (tertiary/aromatic N) is 2. The summed E-state index contributed by atoms with van der Waals surface area (Å²) < 4.78 is 34.8. The molecule has 0 saturated heterocycles. The topological polar surface area (TPSA) is 21.4 Å². The smallest absolute Gasteiger partial charge is 0.216 e. The van der Waals surface area contributed by atoms with Gasteiger partial charge >= 0.3 is 0 Å². The molecule has 3 aromatic carbocycles. The van der Waals surface area contributed by atoms with Crippen molar-refractivity contribution in [3.63, 3.8) is 0 Å². The number of aryl methyl sites for hydroxylation is 2. The minimum Gasteiger partial charge on any atom is -0.456 e. The highest BCUT2D eigenvalue weighted by Crippen LogP contribution is 2.44. The van der Waals surface area contributed by atoms with Gasteiger partial charge in [-0.3, -0.25) is 0 Å². The van der Waals surface area contributed by atoms with Gasteiger partial charge in [-0.25, -0.2) is 4.85 Å². The number of hydrogen-bond acceptors (Lipinski definition) is 1. The summed E-state index contributed by atoms with van der Waals surface area (Å²) in [7, 11) is 1.92. The van der Waals surface area contributed by atoms with E-state index in [-0.39, 0.29) is 12.0 Å². The van der Waals surface area contributed by atoms with Crippen molar-refractivity contribution >= 4 is 27.6 Å². The Morgan fingerprint density at radius 3 is 2.26 bits per heavy atom. The van der Waals surface area contributed by atoms with Crippen LogP contribution >= 0.6 is 0 Å². The van der Waals surface area contributed by atoms with Crippen LogP contribution in [0.3, 0.4) is 0 Å². The quantitative estimate of drug-likeness (QED) is 0.194. The highest BCUT2D eigenvalue weighted by Gasteiger charge is 2.24. The molecule has 0 spiro atoms. The van der Waals surface area contributed by atoms with Crippen molar-refractivity contribution in [3.8, 4) is 22.4 Å². The lowest BCUT2D eigenvalue weighted by atomic mass is 9.96. The van der Waals surface area contributed by atoms with Crippen LogP contribution in [0, 0.1) is 33.3 Å². The minimum atomic E-state index is -1.63. The van der Waals surface area contributed by atoms with Gasteiger partial charge in [0.15, 0.2) is 11.4 Å². The molecule has 0 fully saturated rings. The van der Waals surface area contributed by atoms with Crippen LogP contribution in [0.5, 0.6) is 0 Å². The highest BCUT2D eigenvalue weighted by atomic mass is 16.3. The molecular formula is C32H31N2O+. The normalized spacial score (nSPS) is 13.1. The van der Waals surface area contributed by atoms with E-state index in [0.717, 1.165) is 44.3 Å². The third-order valence-electron chi connectivity index (χ3n) is 6.73. The SMILES string of the molecule is [2H]c1cc(-c2c(C)ccc3c2oc2c(-c4ccc(C)cc4)c([N+]#[C-])ccc23)[n+](C)c(C)c1C([2H])([2H])C(C)C. The Kier molecular flexibility index (Phi) is 4.83. The molecule has 0 aliphatic rings. The average molecular weight is 463 g/mol. The van der Waals surface area contributed by atoms with Crippen molar-refractivity contribution in [2.45, 2.75) is 41.0 Å². The zero-order valence-corrected chi connectivity index (χ0v) is 21.1. The van der Waals surface area contributed by atoms with E-state index in [1.807, 2.05) is 82.6 Å². The Hall–Kier alpha value is -3.90. The molecule has 0 aliphatic carbocycles. The lowest BCUT2D eigenvalue weighted by Crippen LogP contribution is -2.36. The Bertz CT molecular complexity index is 1770. The van der Waals surface area contributed by atoms with Crippen molar-refractivity contribution < 1.29 is 13.1 Å². The van der Waals surface area contributed by atoms with Gasteiger partial charge in [0.25, 0.3) is 0 Å². The van der Waals surface area contributed by atoms with Gasteiger partial charge in [-0.05, 0) is 43.3 Å². The summed E-state index contributed by atoms with van der Waals surface area (Å²) in [6.07, 6.45) is -1.63. The van der Waals surface area contributed by atoms with Crippen LogP contribution in [0.1, 0.15) is 40.3 Å². The summed E-state index contributed by atoms with van der Waals surface area (Å²) in [5, 5.41) is 1.87. The molecule has 5 rings (SSSR count). The first-order chi connectivity index (χ1) is 18.0. The predicted octanol–water partition coefficient (Wildman–Crippen LogP) is 8.42. The Balaban J connectivity index is 1.85. The van der Waals surface area contributed by atoms with Crippen LogP contribution in [0.25, 0.3) is 49.2 Å². The number of fused-ring (bicyclic) bond motifs is 3. The van der Waals surface area contributed by atoms with Gasteiger partial charge < -0.3 is 4.42 Å². The van der Waals surface area contributed by atoms with Crippen molar-refractivity contribution in [2.75, 3.05) is 0 Å².